The first-order valence-corrected chi connectivity index (χ1v) is 7.77. The van der Waals surface area contributed by atoms with Crippen LogP contribution < -0.4 is 10.6 Å². The Morgan fingerprint density at radius 3 is 2.57 bits per heavy atom. The Bertz CT molecular complexity index is 497. The summed E-state index contributed by atoms with van der Waals surface area (Å²) in [6, 6.07) is 2.72. The van der Waals surface area contributed by atoms with Gasteiger partial charge < -0.3 is 10.6 Å². The predicted molar refractivity (Wildman–Crippen MR) is 85.4 cm³/mol. The summed E-state index contributed by atoms with van der Waals surface area (Å²) in [7, 11) is 0. The molecule has 2 N–H and O–H groups in total. The summed E-state index contributed by atoms with van der Waals surface area (Å²) in [5.41, 5.74) is 0.626. The molecule has 21 heavy (non-hydrogen) atoms. The van der Waals surface area contributed by atoms with Crippen LogP contribution in [0.2, 0.25) is 10.0 Å². The molecule has 0 aliphatic carbocycles. The molecule has 2 atom stereocenters. The lowest BCUT2D eigenvalue weighted by Crippen LogP contribution is -2.34. The Morgan fingerprint density at radius 1 is 1.29 bits per heavy atom. The van der Waals surface area contributed by atoms with E-state index in [0.717, 1.165) is 6.42 Å². The number of carbonyl (C=O) groups is 1. The molecule has 1 aromatic rings. The second-order valence-corrected chi connectivity index (χ2v) is 5.90. The van der Waals surface area contributed by atoms with Crippen LogP contribution in [0.5, 0.6) is 0 Å². The molecule has 0 radical (unpaired) electrons. The van der Waals surface area contributed by atoms with Gasteiger partial charge in [-0.05, 0) is 38.0 Å². The molecule has 0 fully saturated rings. The molecule has 6 heteroatoms. The molecule has 0 bridgehead atoms. The molecule has 2 unspecified atom stereocenters. The van der Waals surface area contributed by atoms with Gasteiger partial charge in [0, 0.05) is 30.1 Å². The van der Waals surface area contributed by atoms with Crippen molar-refractivity contribution >= 4 is 29.1 Å². The van der Waals surface area contributed by atoms with Crippen molar-refractivity contribution < 1.29 is 9.18 Å². The lowest BCUT2D eigenvalue weighted by molar-refractivity contribution is -0.121. The summed E-state index contributed by atoms with van der Waals surface area (Å²) in [5, 5.41) is 6.45. The summed E-state index contributed by atoms with van der Waals surface area (Å²) in [4.78, 5) is 11.6. The van der Waals surface area contributed by atoms with Gasteiger partial charge in [0.15, 0.2) is 0 Å². The molecule has 3 nitrogen and oxygen atoms in total. The van der Waals surface area contributed by atoms with Gasteiger partial charge in [-0.1, -0.05) is 30.1 Å². The van der Waals surface area contributed by atoms with E-state index in [1.165, 1.54) is 12.1 Å². The highest BCUT2D eigenvalue weighted by Crippen LogP contribution is 2.28. The van der Waals surface area contributed by atoms with Crippen molar-refractivity contribution in [1.29, 1.82) is 0 Å². The summed E-state index contributed by atoms with van der Waals surface area (Å²) in [5.74, 6) is -0.503. The maximum atomic E-state index is 13.5. The van der Waals surface area contributed by atoms with E-state index in [2.05, 4.69) is 10.6 Å². The minimum atomic E-state index is -0.501. The van der Waals surface area contributed by atoms with Crippen molar-refractivity contribution in [3.05, 3.63) is 33.6 Å². The van der Waals surface area contributed by atoms with E-state index in [9.17, 15) is 9.18 Å². The first-order valence-electron chi connectivity index (χ1n) is 7.02. The smallest absolute Gasteiger partial charge is 0.221 e. The molecule has 0 aliphatic rings. The fourth-order valence-corrected chi connectivity index (χ4v) is 2.38. The molecule has 118 valence electrons. The van der Waals surface area contributed by atoms with E-state index in [4.69, 9.17) is 23.2 Å². The fraction of sp³-hybridized carbons (Fsp3) is 0.533. The number of hydrogen-bond donors (Lipinski definition) is 2. The van der Waals surface area contributed by atoms with Gasteiger partial charge in [-0.15, -0.1) is 0 Å². The first kappa shape index (κ1) is 18.2. The number of hydrogen-bond acceptors (Lipinski definition) is 2. The van der Waals surface area contributed by atoms with Crippen LogP contribution >= 0.6 is 23.2 Å². The highest BCUT2D eigenvalue weighted by atomic mass is 35.5. The SMILES string of the molecule is CCC(C)NC(=O)CCNC(C)c1cc(F)c(Cl)cc1Cl. The van der Waals surface area contributed by atoms with Crippen LogP contribution in [0.3, 0.4) is 0 Å². The van der Waals surface area contributed by atoms with E-state index in [1.807, 2.05) is 20.8 Å². The number of halogens is 3. The largest absolute Gasteiger partial charge is 0.354 e. The first-order chi connectivity index (χ1) is 9.85. The van der Waals surface area contributed by atoms with Crippen LogP contribution in [0.15, 0.2) is 12.1 Å². The zero-order valence-electron chi connectivity index (χ0n) is 12.5. The molecule has 0 saturated heterocycles. The summed E-state index contributed by atoms with van der Waals surface area (Å²) >= 11 is 11.7. The van der Waals surface area contributed by atoms with Crippen LogP contribution in [-0.4, -0.2) is 18.5 Å². The van der Waals surface area contributed by atoms with Crippen molar-refractivity contribution in [3.63, 3.8) is 0 Å². The fourth-order valence-electron chi connectivity index (χ4n) is 1.83. The quantitative estimate of drug-likeness (QED) is 0.737. The third kappa shape index (κ3) is 5.81. The maximum Gasteiger partial charge on any atom is 0.221 e. The average molecular weight is 335 g/mol. The molecule has 0 spiro atoms. The van der Waals surface area contributed by atoms with Crippen molar-refractivity contribution in [2.75, 3.05) is 6.54 Å². The van der Waals surface area contributed by atoms with Gasteiger partial charge in [0.05, 0.1) is 5.02 Å². The van der Waals surface area contributed by atoms with Gasteiger partial charge >= 0.3 is 0 Å². The molecular formula is C15H21Cl2FN2O. The van der Waals surface area contributed by atoms with Crippen molar-refractivity contribution in [1.82, 2.24) is 10.6 Å². The highest BCUT2D eigenvalue weighted by molar-refractivity contribution is 6.35. The van der Waals surface area contributed by atoms with Crippen molar-refractivity contribution in [3.8, 4) is 0 Å². The lowest BCUT2D eigenvalue weighted by Gasteiger charge is -2.17. The number of benzene rings is 1. The molecule has 0 saturated carbocycles. The zero-order chi connectivity index (χ0) is 16.0. The standard InChI is InChI=1S/C15H21Cl2FN2O/c1-4-9(2)20-15(21)5-6-19-10(3)11-7-14(18)13(17)8-12(11)16/h7-10,19H,4-6H2,1-3H3,(H,20,21). The van der Waals surface area contributed by atoms with Gasteiger partial charge in [-0.2, -0.15) is 0 Å². The Morgan fingerprint density at radius 2 is 1.95 bits per heavy atom. The Labute approximate surface area is 135 Å². The monoisotopic (exact) mass is 334 g/mol. The average Bonchev–Trinajstić information content (AvgIpc) is 2.42. The van der Waals surface area contributed by atoms with E-state index in [1.54, 1.807) is 0 Å². The van der Waals surface area contributed by atoms with Gasteiger partial charge in [0.25, 0.3) is 0 Å². The molecule has 1 rings (SSSR count). The van der Waals surface area contributed by atoms with Crippen LogP contribution in [0.1, 0.15) is 45.2 Å². The summed E-state index contributed by atoms with van der Waals surface area (Å²) in [6.45, 7) is 6.33. The van der Waals surface area contributed by atoms with Crippen molar-refractivity contribution in [2.45, 2.75) is 45.7 Å². The summed E-state index contributed by atoms with van der Waals surface area (Å²) in [6.07, 6.45) is 1.26. The van der Waals surface area contributed by atoms with Crippen LogP contribution in [-0.2, 0) is 4.79 Å². The number of nitrogens with one attached hydrogen (secondary N) is 2. The van der Waals surface area contributed by atoms with Gasteiger partial charge in [0.1, 0.15) is 5.82 Å². The van der Waals surface area contributed by atoms with Gasteiger partial charge in [-0.3, -0.25) is 4.79 Å². The maximum absolute atomic E-state index is 13.5. The van der Waals surface area contributed by atoms with Crippen LogP contribution in [0.4, 0.5) is 4.39 Å². The molecule has 0 aromatic heterocycles. The second kappa shape index (κ2) is 8.57. The Balaban J connectivity index is 2.49. The van der Waals surface area contributed by atoms with E-state index < -0.39 is 5.82 Å². The molecule has 0 heterocycles. The number of amides is 1. The highest BCUT2D eigenvalue weighted by Gasteiger charge is 2.13. The summed E-state index contributed by atoms with van der Waals surface area (Å²) < 4.78 is 13.5. The predicted octanol–water partition coefficient (Wildman–Crippen LogP) is 4.09. The molecule has 1 aromatic carbocycles. The normalized spacial score (nSPS) is 13.8. The molecule has 1 amide bonds. The zero-order valence-corrected chi connectivity index (χ0v) is 14.0. The van der Waals surface area contributed by atoms with E-state index in [0.29, 0.717) is 23.6 Å². The Kier molecular flexibility index (Phi) is 7.43. The molecule has 0 aliphatic heterocycles. The van der Waals surface area contributed by atoms with E-state index in [-0.39, 0.29) is 23.0 Å². The van der Waals surface area contributed by atoms with Gasteiger partial charge in [0.2, 0.25) is 5.91 Å². The topological polar surface area (TPSA) is 41.1 Å². The Hall–Kier alpha value is -0.840. The van der Waals surface area contributed by atoms with E-state index >= 15 is 0 Å². The third-order valence-corrected chi connectivity index (χ3v) is 3.95. The third-order valence-electron chi connectivity index (χ3n) is 3.33. The lowest BCUT2D eigenvalue weighted by atomic mass is 10.1. The number of carbonyl (C=O) groups excluding carboxylic acids is 1. The van der Waals surface area contributed by atoms with Crippen molar-refractivity contribution in [2.24, 2.45) is 0 Å². The van der Waals surface area contributed by atoms with Crippen LogP contribution in [0.25, 0.3) is 0 Å². The molecular weight excluding hydrogens is 314 g/mol. The minimum Gasteiger partial charge on any atom is -0.354 e. The second-order valence-electron chi connectivity index (χ2n) is 5.09. The van der Waals surface area contributed by atoms with Gasteiger partial charge in [-0.25, -0.2) is 4.39 Å². The minimum absolute atomic E-state index is 0.00238. The van der Waals surface area contributed by atoms with Crippen LogP contribution in [0, 0.1) is 5.82 Å². The number of rotatable bonds is 7.